The molecule has 0 aliphatic heterocycles. The topological polar surface area (TPSA) is 43.4 Å². The highest BCUT2D eigenvalue weighted by Crippen LogP contribution is 2.14. The van der Waals surface area contributed by atoms with Crippen molar-refractivity contribution in [1.29, 1.82) is 0 Å². The van der Waals surface area contributed by atoms with Gasteiger partial charge in [0.2, 0.25) is 5.78 Å². The Kier molecular flexibility index (Phi) is 6.13. The summed E-state index contributed by atoms with van der Waals surface area (Å²) >= 11 is 9.09. The van der Waals surface area contributed by atoms with Crippen molar-refractivity contribution in [2.45, 2.75) is 13.0 Å². The minimum atomic E-state index is -0.849. The van der Waals surface area contributed by atoms with Gasteiger partial charge in [-0.2, -0.15) is 0 Å². The van der Waals surface area contributed by atoms with E-state index in [9.17, 15) is 9.59 Å². The molecule has 1 atom stereocenters. The van der Waals surface area contributed by atoms with E-state index >= 15 is 0 Å². The quantitative estimate of drug-likeness (QED) is 0.411. The van der Waals surface area contributed by atoms with Crippen LogP contribution in [0.3, 0.4) is 0 Å². The van der Waals surface area contributed by atoms with E-state index in [2.05, 4.69) is 15.9 Å². The summed E-state index contributed by atoms with van der Waals surface area (Å²) in [6, 6.07) is 13.9. The monoisotopic (exact) mass is 392 g/mol. The van der Waals surface area contributed by atoms with Gasteiger partial charge < -0.3 is 4.74 Å². The summed E-state index contributed by atoms with van der Waals surface area (Å²) in [5, 5.41) is 0.624. The first-order valence-electron chi connectivity index (χ1n) is 6.90. The predicted molar refractivity (Wildman–Crippen MR) is 94.5 cm³/mol. The molecule has 2 aromatic carbocycles. The molecule has 118 valence electrons. The van der Waals surface area contributed by atoms with Crippen LogP contribution in [0.15, 0.2) is 59.1 Å². The van der Waals surface area contributed by atoms with Crippen LogP contribution in [-0.2, 0) is 9.53 Å². The second kappa shape index (κ2) is 8.09. The van der Waals surface area contributed by atoms with Crippen molar-refractivity contribution in [2.75, 3.05) is 0 Å². The average molecular weight is 394 g/mol. The van der Waals surface area contributed by atoms with Crippen molar-refractivity contribution < 1.29 is 14.3 Å². The van der Waals surface area contributed by atoms with E-state index < -0.39 is 12.1 Å². The molecule has 5 heteroatoms. The van der Waals surface area contributed by atoms with E-state index in [0.717, 1.165) is 10.0 Å². The molecule has 2 rings (SSSR count). The SMILES string of the molecule is C[C@H](OC(=O)/C=C/c1ccc(Cl)cc1)C(=O)c1ccc(Br)cc1. The number of carbonyl (C=O) groups excluding carboxylic acids is 2. The largest absolute Gasteiger partial charge is 0.451 e. The zero-order valence-corrected chi connectivity index (χ0v) is 14.7. The van der Waals surface area contributed by atoms with Gasteiger partial charge in [-0.3, -0.25) is 4.79 Å². The zero-order valence-electron chi connectivity index (χ0n) is 12.3. The fourth-order valence-electron chi connectivity index (χ4n) is 1.85. The van der Waals surface area contributed by atoms with Crippen molar-refractivity contribution in [1.82, 2.24) is 0 Å². The average Bonchev–Trinajstić information content (AvgIpc) is 2.54. The van der Waals surface area contributed by atoms with E-state index in [0.29, 0.717) is 10.6 Å². The maximum Gasteiger partial charge on any atom is 0.331 e. The van der Waals surface area contributed by atoms with Gasteiger partial charge in [0.1, 0.15) is 0 Å². The molecule has 0 N–H and O–H groups in total. The third-order valence-corrected chi connectivity index (χ3v) is 3.85. The van der Waals surface area contributed by atoms with Crippen molar-refractivity contribution in [3.05, 3.63) is 75.2 Å². The molecule has 2 aromatic rings. The molecular formula is C18H14BrClO3. The van der Waals surface area contributed by atoms with E-state index in [1.54, 1.807) is 61.5 Å². The Morgan fingerprint density at radius 1 is 1.09 bits per heavy atom. The van der Waals surface area contributed by atoms with Gasteiger partial charge in [-0.1, -0.05) is 51.8 Å². The maximum atomic E-state index is 12.2. The summed E-state index contributed by atoms with van der Waals surface area (Å²) in [7, 11) is 0. The Hall–Kier alpha value is -1.91. The molecule has 0 saturated heterocycles. The highest BCUT2D eigenvalue weighted by molar-refractivity contribution is 9.10. The van der Waals surface area contributed by atoms with Crippen LogP contribution in [0.1, 0.15) is 22.8 Å². The lowest BCUT2D eigenvalue weighted by atomic mass is 10.1. The van der Waals surface area contributed by atoms with E-state index in [1.807, 2.05) is 0 Å². The predicted octanol–water partition coefficient (Wildman–Crippen LogP) is 4.93. The molecule has 0 spiro atoms. The molecule has 0 saturated carbocycles. The number of Topliss-reactive ketones (excluding diaryl/α,β-unsaturated/α-hetero) is 1. The third-order valence-electron chi connectivity index (χ3n) is 3.07. The summed E-state index contributed by atoms with van der Waals surface area (Å²) in [5.41, 5.74) is 1.31. The van der Waals surface area contributed by atoms with Gasteiger partial charge in [-0.15, -0.1) is 0 Å². The Labute approximate surface area is 148 Å². The molecule has 23 heavy (non-hydrogen) atoms. The first-order chi connectivity index (χ1) is 11.0. The Balaban J connectivity index is 1.95. The highest BCUT2D eigenvalue weighted by atomic mass is 79.9. The molecule has 0 aliphatic rings. The van der Waals surface area contributed by atoms with Crippen LogP contribution in [0, 0.1) is 0 Å². The van der Waals surface area contributed by atoms with Gasteiger partial charge in [-0.05, 0) is 42.8 Å². The number of esters is 1. The summed E-state index contributed by atoms with van der Waals surface area (Å²) < 4.78 is 6.01. The molecule has 0 radical (unpaired) electrons. The normalized spacial score (nSPS) is 12.1. The number of ether oxygens (including phenoxy) is 1. The molecule has 3 nitrogen and oxygen atoms in total. The molecule has 0 unspecified atom stereocenters. The van der Waals surface area contributed by atoms with E-state index in [-0.39, 0.29) is 5.78 Å². The number of benzene rings is 2. The fourth-order valence-corrected chi connectivity index (χ4v) is 2.24. The van der Waals surface area contributed by atoms with Gasteiger partial charge in [0.25, 0.3) is 0 Å². The van der Waals surface area contributed by atoms with Crippen LogP contribution in [0.25, 0.3) is 6.08 Å². The van der Waals surface area contributed by atoms with Crippen LogP contribution in [-0.4, -0.2) is 17.9 Å². The van der Waals surface area contributed by atoms with Crippen LogP contribution in [0.4, 0.5) is 0 Å². The van der Waals surface area contributed by atoms with Gasteiger partial charge in [0.05, 0.1) is 0 Å². The summed E-state index contributed by atoms with van der Waals surface area (Å²) in [4.78, 5) is 24.0. The van der Waals surface area contributed by atoms with Crippen molar-refractivity contribution in [3.8, 4) is 0 Å². The standard InChI is InChI=1S/C18H14BrClO3/c1-12(18(22)14-5-7-15(19)8-6-14)23-17(21)11-4-13-2-9-16(20)10-3-13/h2-12H,1H3/b11-4+/t12-/m0/s1. The minimum absolute atomic E-state index is 0.245. The number of carbonyl (C=O) groups is 2. The Bertz CT molecular complexity index is 721. The second-order valence-electron chi connectivity index (χ2n) is 4.84. The molecule has 0 aliphatic carbocycles. The number of rotatable bonds is 5. The van der Waals surface area contributed by atoms with Gasteiger partial charge in [0, 0.05) is 21.1 Å². The zero-order chi connectivity index (χ0) is 16.8. The molecule has 0 heterocycles. The summed E-state index contributed by atoms with van der Waals surface area (Å²) in [6.07, 6.45) is 2.04. The lowest BCUT2D eigenvalue weighted by molar-refractivity contribution is -0.140. The lowest BCUT2D eigenvalue weighted by Crippen LogP contribution is -2.23. The minimum Gasteiger partial charge on any atom is -0.451 e. The van der Waals surface area contributed by atoms with Crippen LogP contribution in [0.2, 0.25) is 5.02 Å². The molecule has 0 aromatic heterocycles. The molecular weight excluding hydrogens is 380 g/mol. The van der Waals surface area contributed by atoms with Crippen LogP contribution < -0.4 is 0 Å². The third kappa shape index (κ3) is 5.34. The molecule has 0 fully saturated rings. The van der Waals surface area contributed by atoms with Crippen molar-refractivity contribution in [3.63, 3.8) is 0 Å². The van der Waals surface area contributed by atoms with Gasteiger partial charge in [0.15, 0.2) is 6.10 Å². The molecule has 0 amide bonds. The van der Waals surface area contributed by atoms with Gasteiger partial charge >= 0.3 is 5.97 Å². The smallest absolute Gasteiger partial charge is 0.331 e. The first-order valence-corrected chi connectivity index (χ1v) is 8.07. The fraction of sp³-hybridized carbons (Fsp3) is 0.111. The Morgan fingerprint density at radius 2 is 1.70 bits per heavy atom. The Morgan fingerprint density at radius 3 is 2.30 bits per heavy atom. The summed E-state index contributed by atoms with van der Waals surface area (Å²) in [6.45, 7) is 1.55. The summed E-state index contributed by atoms with van der Waals surface area (Å²) in [5.74, 6) is -0.816. The van der Waals surface area contributed by atoms with Crippen LogP contribution >= 0.6 is 27.5 Å². The second-order valence-corrected chi connectivity index (χ2v) is 6.19. The maximum absolute atomic E-state index is 12.2. The van der Waals surface area contributed by atoms with E-state index in [1.165, 1.54) is 6.08 Å². The highest BCUT2D eigenvalue weighted by Gasteiger charge is 2.18. The number of hydrogen-bond donors (Lipinski definition) is 0. The van der Waals surface area contributed by atoms with Crippen molar-refractivity contribution >= 4 is 45.4 Å². The lowest BCUT2D eigenvalue weighted by Gasteiger charge is -2.10. The van der Waals surface area contributed by atoms with Crippen molar-refractivity contribution in [2.24, 2.45) is 0 Å². The number of hydrogen-bond acceptors (Lipinski definition) is 3. The van der Waals surface area contributed by atoms with Crippen LogP contribution in [0.5, 0.6) is 0 Å². The van der Waals surface area contributed by atoms with Gasteiger partial charge in [-0.25, -0.2) is 4.79 Å². The molecule has 0 bridgehead atoms. The number of ketones is 1. The number of halogens is 2. The van der Waals surface area contributed by atoms with E-state index in [4.69, 9.17) is 16.3 Å². The first kappa shape index (κ1) is 17.4.